The lowest BCUT2D eigenvalue weighted by Gasteiger charge is -2.15. The van der Waals surface area contributed by atoms with Crippen molar-refractivity contribution in [2.75, 3.05) is 26.2 Å². The van der Waals surface area contributed by atoms with Crippen LogP contribution in [0.1, 0.15) is 17.8 Å². The van der Waals surface area contributed by atoms with Crippen LogP contribution in [-0.4, -0.2) is 47.9 Å². The second kappa shape index (κ2) is 7.20. The number of carbonyl (C=O) groups excluding carboxylic acids is 2. The van der Waals surface area contributed by atoms with Gasteiger partial charge in [0.05, 0.1) is 26.5 Å². The highest BCUT2D eigenvalue weighted by molar-refractivity contribution is 7.21. The van der Waals surface area contributed by atoms with Crippen LogP contribution in [0, 0.1) is 6.92 Å². The van der Waals surface area contributed by atoms with Crippen LogP contribution >= 0.6 is 22.7 Å². The van der Waals surface area contributed by atoms with E-state index in [0.717, 1.165) is 51.2 Å². The number of benzene rings is 1. The third kappa shape index (κ3) is 3.39. The lowest BCUT2D eigenvalue weighted by Crippen LogP contribution is -2.40. The molecule has 3 aromatic rings. The van der Waals surface area contributed by atoms with Crippen molar-refractivity contribution in [3.8, 4) is 5.75 Å². The SMILES string of the molecule is Cc1nc2c(cc(OCC(=O)NCC(=O)N3CCCC3)c3ccsc32)s1. The zero-order valence-electron chi connectivity index (χ0n) is 14.4. The smallest absolute Gasteiger partial charge is 0.258 e. The fourth-order valence-electron chi connectivity index (χ4n) is 3.15. The molecule has 3 heterocycles. The molecule has 8 heteroatoms. The van der Waals surface area contributed by atoms with Gasteiger partial charge in [0.1, 0.15) is 5.75 Å². The Morgan fingerprint density at radius 3 is 2.96 bits per heavy atom. The van der Waals surface area contributed by atoms with Gasteiger partial charge in [0, 0.05) is 24.5 Å². The van der Waals surface area contributed by atoms with Gasteiger partial charge in [0.2, 0.25) is 5.91 Å². The van der Waals surface area contributed by atoms with Crippen molar-refractivity contribution in [3.63, 3.8) is 0 Å². The van der Waals surface area contributed by atoms with Gasteiger partial charge in [-0.1, -0.05) is 0 Å². The minimum absolute atomic E-state index is 0.0300. The Kier molecular flexibility index (Phi) is 4.78. The Morgan fingerprint density at radius 2 is 2.15 bits per heavy atom. The molecule has 0 unspecified atom stereocenters. The average Bonchev–Trinajstić information content (AvgIpc) is 3.35. The lowest BCUT2D eigenvalue weighted by atomic mass is 10.2. The first kappa shape index (κ1) is 17.2. The average molecular weight is 390 g/mol. The molecule has 4 rings (SSSR count). The Balaban J connectivity index is 1.41. The van der Waals surface area contributed by atoms with Crippen LogP contribution in [0.4, 0.5) is 0 Å². The standard InChI is InChI=1S/C18H19N3O3S2/c1-11-20-17-14(26-11)8-13(12-4-7-25-18(12)17)24-10-15(22)19-9-16(23)21-5-2-3-6-21/h4,7-8H,2-3,5-6,9-10H2,1H3,(H,19,22). The molecule has 0 atom stereocenters. The maximum Gasteiger partial charge on any atom is 0.258 e. The summed E-state index contributed by atoms with van der Waals surface area (Å²) in [5, 5.41) is 6.62. The number of carbonyl (C=O) groups is 2. The van der Waals surface area contributed by atoms with Gasteiger partial charge < -0.3 is 15.0 Å². The highest BCUT2D eigenvalue weighted by Gasteiger charge is 2.18. The van der Waals surface area contributed by atoms with Gasteiger partial charge in [0.25, 0.3) is 5.91 Å². The van der Waals surface area contributed by atoms with Crippen molar-refractivity contribution in [1.29, 1.82) is 0 Å². The van der Waals surface area contributed by atoms with Gasteiger partial charge in [-0.05, 0) is 31.2 Å². The minimum atomic E-state index is -0.290. The van der Waals surface area contributed by atoms with E-state index in [4.69, 9.17) is 4.74 Å². The lowest BCUT2D eigenvalue weighted by molar-refractivity contribution is -0.132. The molecule has 0 spiro atoms. The zero-order chi connectivity index (χ0) is 18.1. The van der Waals surface area contributed by atoms with Crippen LogP contribution in [0.5, 0.6) is 5.75 Å². The summed E-state index contributed by atoms with van der Waals surface area (Å²) in [7, 11) is 0. The van der Waals surface area contributed by atoms with E-state index in [1.165, 1.54) is 0 Å². The molecule has 1 aliphatic heterocycles. The highest BCUT2D eigenvalue weighted by atomic mass is 32.1. The van der Waals surface area contributed by atoms with Crippen molar-refractivity contribution >= 4 is 54.8 Å². The van der Waals surface area contributed by atoms with Crippen molar-refractivity contribution in [3.05, 3.63) is 22.5 Å². The predicted molar refractivity (Wildman–Crippen MR) is 104 cm³/mol. The number of fused-ring (bicyclic) bond motifs is 3. The number of aromatic nitrogens is 1. The molecule has 2 aromatic heterocycles. The fourth-order valence-corrected chi connectivity index (χ4v) is 4.99. The van der Waals surface area contributed by atoms with Gasteiger partial charge in [-0.2, -0.15) is 0 Å². The van der Waals surface area contributed by atoms with Gasteiger partial charge in [-0.25, -0.2) is 4.98 Å². The second-order valence-corrected chi connectivity index (χ2v) is 8.42. The monoisotopic (exact) mass is 389 g/mol. The number of thiazole rings is 1. The molecule has 26 heavy (non-hydrogen) atoms. The van der Waals surface area contributed by atoms with E-state index in [1.54, 1.807) is 27.6 Å². The third-order valence-corrected chi connectivity index (χ3v) is 6.26. The predicted octanol–water partition coefficient (Wildman–Crippen LogP) is 2.94. The molecular weight excluding hydrogens is 370 g/mol. The van der Waals surface area contributed by atoms with E-state index in [2.05, 4.69) is 10.3 Å². The molecule has 1 N–H and O–H groups in total. The zero-order valence-corrected chi connectivity index (χ0v) is 16.0. The number of hydrogen-bond donors (Lipinski definition) is 1. The van der Waals surface area contributed by atoms with Crippen LogP contribution < -0.4 is 10.1 Å². The molecule has 6 nitrogen and oxygen atoms in total. The first-order valence-electron chi connectivity index (χ1n) is 8.56. The summed E-state index contributed by atoms with van der Waals surface area (Å²) < 4.78 is 7.89. The van der Waals surface area contributed by atoms with E-state index >= 15 is 0 Å². The Labute approximate surface area is 158 Å². The Hall–Kier alpha value is -2.19. The summed E-state index contributed by atoms with van der Waals surface area (Å²) in [6.45, 7) is 3.48. The van der Waals surface area contributed by atoms with E-state index < -0.39 is 0 Å². The number of amides is 2. The molecular formula is C18H19N3O3S2. The van der Waals surface area contributed by atoms with Crippen LogP contribution in [0.15, 0.2) is 17.5 Å². The first-order valence-corrected chi connectivity index (χ1v) is 10.3. The molecule has 1 fully saturated rings. The van der Waals surface area contributed by atoms with Crippen LogP contribution in [0.3, 0.4) is 0 Å². The molecule has 0 bridgehead atoms. The number of ether oxygens (including phenoxy) is 1. The van der Waals surface area contributed by atoms with Crippen LogP contribution in [-0.2, 0) is 9.59 Å². The number of nitrogens with one attached hydrogen (secondary N) is 1. The maximum atomic E-state index is 12.1. The second-order valence-electron chi connectivity index (χ2n) is 6.27. The van der Waals surface area contributed by atoms with E-state index in [9.17, 15) is 9.59 Å². The Bertz CT molecular complexity index is 973. The number of thiophene rings is 1. The normalized spacial score (nSPS) is 14.3. The number of hydrogen-bond acceptors (Lipinski definition) is 6. The number of aryl methyl sites for hydroxylation is 1. The summed E-state index contributed by atoms with van der Waals surface area (Å²) in [6.07, 6.45) is 2.08. The van der Waals surface area contributed by atoms with Crippen molar-refractivity contribution in [2.24, 2.45) is 0 Å². The van der Waals surface area contributed by atoms with E-state index in [0.29, 0.717) is 5.75 Å². The number of nitrogens with zero attached hydrogens (tertiary/aromatic N) is 2. The molecule has 0 radical (unpaired) electrons. The molecule has 136 valence electrons. The van der Waals surface area contributed by atoms with Gasteiger partial charge in [-0.3, -0.25) is 9.59 Å². The van der Waals surface area contributed by atoms with Gasteiger partial charge >= 0.3 is 0 Å². The topological polar surface area (TPSA) is 71.5 Å². The molecule has 1 saturated heterocycles. The van der Waals surface area contributed by atoms with Crippen molar-refractivity contribution in [1.82, 2.24) is 15.2 Å². The van der Waals surface area contributed by atoms with Gasteiger partial charge in [0.15, 0.2) is 6.61 Å². The van der Waals surface area contributed by atoms with Crippen molar-refractivity contribution in [2.45, 2.75) is 19.8 Å². The summed E-state index contributed by atoms with van der Waals surface area (Å²) in [4.78, 5) is 30.4. The molecule has 0 aliphatic carbocycles. The first-order chi connectivity index (χ1) is 12.6. The molecule has 1 aliphatic rings. The number of likely N-dealkylation sites (tertiary alicyclic amines) is 1. The quantitative estimate of drug-likeness (QED) is 0.728. The summed E-state index contributed by atoms with van der Waals surface area (Å²) >= 11 is 3.23. The summed E-state index contributed by atoms with van der Waals surface area (Å²) in [5.41, 5.74) is 0.991. The minimum Gasteiger partial charge on any atom is -0.483 e. The Morgan fingerprint density at radius 1 is 1.35 bits per heavy atom. The summed E-state index contributed by atoms with van der Waals surface area (Å²) in [6, 6.07) is 3.93. The number of rotatable bonds is 5. The third-order valence-electron chi connectivity index (χ3n) is 4.42. The van der Waals surface area contributed by atoms with E-state index in [-0.39, 0.29) is 25.0 Å². The molecule has 2 amide bonds. The van der Waals surface area contributed by atoms with E-state index in [1.807, 2.05) is 24.4 Å². The van der Waals surface area contributed by atoms with Crippen LogP contribution in [0.2, 0.25) is 0 Å². The van der Waals surface area contributed by atoms with Crippen molar-refractivity contribution < 1.29 is 14.3 Å². The largest absolute Gasteiger partial charge is 0.483 e. The highest BCUT2D eigenvalue weighted by Crippen LogP contribution is 2.38. The molecule has 1 aromatic carbocycles. The van der Waals surface area contributed by atoms with Gasteiger partial charge in [-0.15, -0.1) is 22.7 Å². The fraction of sp³-hybridized carbons (Fsp3) is 0.389. The van der Waals surface area contributed by atoms with Crippen LogP contribution in [0.25, 0.3) is 20.3 Å². The maximum absolute atomic E-state index is 12.1. The molecule has 0 saturated carbocycles. The summed E-state index contributed by atoms with van der Waals surface area (Å²) in [5.74, 6) is 0.359.